The van der Waals surface area contributed by atoms with Gasteiger partial charge in [-0.1, -0.05) is 12.1 Å². The van der Waals surface area contributed by atoms with Gasteiger partial charge in [0.1, 0.15) is 5.75 Å². The number of hydrazine groups is 1. The standard InChI is InChI=1S/C10H14N2O/c1-7(12-11)9-3-2-8-4-5-13-10(8)6-9/h2-3,6-7,12H,4-5,11H2,1H3. The molecular formula is C10H14N2O. The fourth-order valence-corrected chi connectivity index (χ4v) is 1.55. The molecule has 3 nitrogen and oxygen atoms in total. The van der Waals surface area contributed by atoms with Crippen molar-refractivity contribution in [1.82, 2.24) is 5.43 Å². The van der Waals surface area contributed by atoms with Crippen LogP contribution in [0.5, 0.6) is 5.75 Å². The van der Waals surface area contributed by atoms with Crippen molar-refractivity contribution in [2.45, 2.75) is 19.4 Å². The van der Waals surface area contributed by atoms with E-state index in [4.69, 9.17) is 10.6 Å². The highest BCUT2D eigenvalue weighted by atomic mass is 16.5. The number of nitrogens with one attached hydrogen (secondary N) is 1. The lowest BCUT2D eigenvalue weighted by Gasteiger charge is -2.11. The van der Waals surface area contributed by atoms with Crippen molar-refractivity contribution in [3.63, 3.8) is 0 Å². The molecule has 3 heteroatoms. The predicted molar refractivity (Wildman–Crippen MR) is 51.4 cm³/mol. The van der Waals surface area contributed by atoms with Gasteiger partial charge in [0.15, 0.2) is 0 Å². The van der Waals surface area contributed by atoms with E-state index in [0.29, 0.717) is 0 Å². The summed E-state index contributed by atoms with van der Waals surface area (Å²) in [4.78, 5) is 0. The second-order valence-electron chi connectivity index (χ2n) is 3.35. The first kappa shape index (κ1) is 8.53. The van der Waals surface area contributed by atoms with E-state index in [9.17, 15) is 0 Å². The van der Waals surface area contributed by atoms with Gasteiger partial charge >= 0.3 is 0 Å². The van der Waals surface area contributed by atoms with Crippen LogP contribution in [0.4, 0.5) is 0 Å². The monoisotopic (exact) mass is 178 g/mol. The summed E-state index contributed by atoms with van der Waals surface area (Å²) in [6.07, 6.45) is 1.03. The minimum atomic E-state index is 0.175. The van der Waals surface area contributed by atoms with Gasteiger partial charge < -0.3 is 4.74 Å². The summed E-state index contributed by atoms with van der Waals surface area (Å²) >= 11 is 0. The molecule has 2 rings (SSSR count). The van der Waals surface area contributed by atoms with Gasteiger partial charge in [0, 0.05) is 12.5 Å². The highest BCUT2D eigenvalue weighted by Crippen LogP contribution is 2.28. The SMILES string of the molecule is CC(NN)c1ccc2c(c1)OCC2. The van der Waals surface area contributed by atoms with Crippen LogP contribution in [0.1, 0.15) is 24.1 Å². The molecule has 1 aliphatic rings. The molecule has 3 N–H and O–H groups in total. The number of nitrogens with two attached hydrogens (primary N) is 1. The average Bonchev–Trinajstić information content (AvgIpc) is 2.63. The van der Waals surface area contributed by atoms with Gasteiger partial charge in [-0.15, -0.1) is 0 Å². The van der Waals surface area contributed by atoms with Gasteiger partial charge in [-0.2, -0.15) is 0 Å². The Balaban J connectivity index is 2.30. The minimum absolute atomic E-state index is 0.175. The lowest BCUT2D eigenvalue weighted by Crippen LogP contribution is -2.25. The zero-order valence-corrected chi connectivity index (χ0v) is 7.71. The van der Waals surface area contributed by atoms with Crippen LogP contribution in [0.3, 0.4) is 0 Å². The van der Waals surface area contributed by atoms with E-state index < -0.39 is 0 Å². The van der Waals surface area contributed by atoms with Crippen molar-refractivity contribution in [3.05, 3.63) is 29.3 Å². The van der Waals surface area contributed by atoms with Gasteiger partial charge in [-0.25, -0.2) is 0 Å². The third kappa shape index (κ3) is 1.53. The quantitative estimate of drug-likeness (QED) is 0.527. The molecule has 0 saturated heterocycles. The minimum Gasteiger partial charge on any atom is -0.493 e. The molecule has 0 fully saturated rings. The molecule has 1 heterocycles. The van der Waals surface area contributed by atoms with Crippen molar-refractivity contribution >= 4 is 0 Å². The summed E-state index contributed by atoms with van der Waals surface area (Å²) < 4.78 is 5.47. The number of ether oxygens (including phenoxy) is 1. The fraction of sp³-hybridized carbons (Fsp3) is 0.400. The van der Waals surface area contributed by atoms with Crippen LogP contribution in [0, 0.1) is 0 Å². The van der Waals surface area contributed by atoms with Crippen LogP contribution in [0.25, 0.3) is 0 Å². The smallest absolute Gasteiger partial charge is 0.122 e. The molecule has 70 valence electrons. The molecule has 13 heavy (non-hydrogen) atoms. The normalized spacial score (nSPS) is 16.5. The number of benzene rings is 1. The first-order valence-corrected chi connectivity index (χ1v) is 4.53. The summed E-state index contributed by atoms with van der Waals surface area (Å²) in [5, 5.41) is 0. The molecule has 1 unspecified atom stereocenters. The number of rotatable bonds is 2. The van der Waals surface area contributed by atoms with Crippen molar-refractivity contribution < 1.29 is 4.74 Å². The van der Waals surface area contributed by atoms with Crippen LogP contribution in [0.2, 0.25) is 0 Å². The maximum absolute atomic E-state index is 5.47. The van der Waals surface area contributed by atoms with Gasteiger partial charge in [0.2, 0.25) is 0 Å². The largest absolute Gasteiger partial charge is 0.493 e. The van der Waals surface area contributed by atoms with E-state index in [-0.39, 0.29) is 6.04 Å². The highest BCUT2D eigenvalue weighted by Gasteiger charge is 2.13. The first-order valence-electron chi connectivity index (χ1n) is 4.53. The topological polar surface area (TPSA) is 47.3 Å². The molecule has 0 radical (unpaired) electrons. The van der Waals surface area contributed by atoms with Crippen LogP contribution < -0.4 is 16.0 Å². The third-order valence-electron chi connectivity index (χ3n) is 2.47. The van der Waals surface area contributed by atoms with E-state index in [0.717, 1.165) is 18.8 Å². The Morgan fingerprint density at radius 2 is 2.38 bits per heavy atom. The Hall–Kier alpha value is -1.06. The van der Waals surface area contributed by atoms with E-state index in [1.165, 1.54) is 11.1 Å². The molecule has 0 bridgehead atoms. The number of hydrogen-bond donors (Lipinski definition) is 2. The van der Waals surface area contributed by atoms with Gasteiger partial charge in [-0.3, -0.25) is 11.3 Å². The summed E-state index contributed by atoms with van der Waals surface area (Å²) in [6.45, 7) is 2.83. The lowest BCUT2D eigenvalue weighted by atomic mass is 10.1. The Kier molecular flexibility index (Phi) is 2.20. The third-order valence-corrected chi connectivity index (χ3v) is 2.47. The van der Waals surface area contributed by atoms with Crippen LogP contribution in [-0.2, 0) is 6.42 Å². The summed E-state index contributed by atoms with van der Waals surface area (Å²) in [7, 11) is 0. The van der Waals surface area contributed by atoms with Crippen molar-refractivity contribution in [1.29, 1.82) is 0 Å². The summed E-state index contributed by atoms with van der Waals surface area (Å²) in [5.74, 6) is 6.37. The maximum Gasteiger partial charge on any atom is 0.122 e. The fourth-order valence-electron chi connectivity index (χ4n) is 1.55. The Morgan fingerprint density at radius 3 is 3.15 bits per heavy atom. The van der Waals surface area contributed by atoms with Crippen molar-refractivity contribution in [2.24, 2.45) is 5.84 Å². The molecule has 0 saturated carbocycles. The summed E-state index contributed by atoms with van der Waals surface area (Å²) in [5.41, 5.74) is 5.19. The van der Waals surface area contributed by atoms with Crippen LogP contribution in [-0.4, -0.2) is 6.61 Å². The molecular weight excluding hydrogens is 164 g/mol. The Labute approximate surface area is 77.9 Å². The highest BCUT2D eigenvalue weighted by molar-refractivity contribution is 5.40. The molecule has 1 atom stereocenters. The van der Waals surface area contributed by atoms with E-state index >= 15 is 0 Å². The predicted octanol–water partition coefficient (Wildman–Crippen LogP) is 1.15. The van der Waals surface area contributed by atoms with Crippen molar-refractivity contribution in [3.8, 4) is 5.75 Å². The van der Waals surface area contributed by atoms with E-state index in [2.05, 4.69) is 23.6 Å². The molecule has 0 aromatic heterocycles. The van der Waals surface area contributed by atoms with Crippen molar-refractivity contribution in [2.75, 3.05) is 6.61 Å². The first-order chi connectivity index (χ1) is 6.31. The molecule has 0 amide bonds. The number of fused-ring (bicyclic) bond motifs is 1. The molecule has 1 aromatic rings. The van der Waals surface area contributed by atoms with Gasteiger partial charge in [0.05, 0.1) is 6.61 Å². The Bertz CT molecular complexity index is 312. The zero-order valence-electron chi connectivity index (χ0n) is 7.71. The Morgan fingerprint density at radius 1 is 1.54 bits per heavy atom. The van der Waals surface area contributed by atoms with E-state index in [1.54, 1.807) is 0 Å². The second-order valence-corrected chi connectivity index (χ2v) is 3.35. The number of hydrogen-bond acceptors (Lipinski definition) is 3. The molecule has 0 spiro atoms. The van der Waals surface area contributed by atoms with Gasteiger partial charge in [0.25, 0.3) is 0 Å². The maximum atomic E-state index is 5.47. The molecule has 1 aliphatic heterocycles. The van der Waals surface area contributed by atoms with Gasteiger partial charge in [-0.05, 0) is 24.1 Å². The van der Waals surface area contributed by atoms with Crippen LogP contribution in [0.15, 0.2) is 18.2 Å². The summed E-state index contributed by atoms with van der Waals surface area (Å²) in [6, 6.07) is 6.45. The molecule has 1 aromatic carbocycles. The second kappa shape index (κ2) is 3.36. The molecule has 0 aliphatic carbocycles. The lowest BCUT2D eigenvalue weighted by molar-refractivity contribution is 0.356. The van der Waals surface area contributed by atoms with Crippen LogP contribution >= 0.6 is 0 Å². The zero-order chi connectivity index (χ0) is 9.26. The average molecular weight is 178 g/mol. The van der Waals surface area contributed by atoms with E-state index in [1.807, 2.05) is 6.92 Å².